The molecule has 3 aromatic rings. The van der Waals surface area contributed by atoms with E-state index in [2.05, 4.69) is 10.1 Å². The van der Waals surface area contributed by atoms with E-state index in [4.69, 9.17) is 5.73 Å². The zero-order valence-electron chi connectivity index (χ0n) is 10.4. The van der Waals surface area contributed by atoms with Gasteiger partial charge in [0.15, 0.2) is 0 Å². The summed E-state index contributed by atoms with van der Waals surface area (Å²) in [5.74, 6) is 0. The van der Waals surface area contributed by atoms with Crippen molar-refractivity contribution in [3.05, 3.63) is 72.3 Å². The van der Waals surface area contributed by atoms with Crippen LogP contribution in [-0.4, -0.2) is 14.8 Å². The molecule has 0 unspecified atom stereocenters. The molecule has 0 saturated carbocycles. The molecule has 0 aliphatic heterocycles. The number of hydrogen-bond acceptors (Lipinski definition) is 3. The van der Waals surface area contributed by atoms with Crippen molar-refractivity contribution in [1.29, 1.82) is 0 Å². The second kappa shape index (κ2) is 4.94. The van der Waals surface area contributed by atoms with Crippen LogP contribution in [0.5, 0.6) is 0 Å². The quantitative estimate of drug-likeness (QED) is 0.776. The van der Waals surface area contributed by atoms with Crippen molar-refractivity contribution in [3.8, 4) is 5.69 Å². The molecule has 0 aliphatic carbocycles. The number of pyridine rings is 1. The molecule has 0 saturated heterocycles. The van der Waals surface area contributed by atoms with E-state index in [0.29, 0.717) is 6.42 Å². The van der Waals surface area contributed by atoms with E-state index in [0.717, 1.165) is 22.6 Å². The predicted octanol–water partition coefficient (Wildman–Crippen LogP) is 2.44. The van der Waals surface area contributed by atoms with E-state index in [1.807, 2.05) is 47.1 Å². The van der Waals surface area contributed by atoms with Gasteiger partial charge in [0, 0.05) is 36.4 Å². The Hall–Kier alpha value is -2.62. The highest BCUT2D eigenvalue weighted by Gasteiger charge is 2.07. The second-order valence-electron chi connectivity index (χ2n) is 4.32. The Balaban J connectivity index is 1.96. The van der Waals surface area contributed by atoms with Gasteiger partial charge < -0.3 is 5.73 Å². The van der Waals surface area contributed by atoms with Crippen molar-refractivity contribution in [2.75, 3.05) is 5.73 Å². The molecule has 0 spiro atoms. The van der Waals surface area contributed by atoms with Crippen molar-refractivity contribution >= 4 is 5.69 Å². The highest BCUT2D eigenvalue weighted by molar-refractivity contribution is 5.46. The van der Waals surface area contributed by atoms with Crippen LogP contribution >= 0.6 is 0 Å². The van der Waals surface area contributed by atoms with E-state index >= 15 is 0 Å². The van der Waals surface area contributed by atoms with Crippen LogP contribution in [0, 0.1) is 0 Å². The minimum atomic E-state index is 0.717. The fourth-order valence-electron chi connectivity index (χ4n) is 2.05. The number of hydrogen-bond donors (Lipinski definition) is 1. The lowest BCUT2D eigenvalue weighted by Gasteiger charge is -2.08. The standard InChI is InChI=1S/C15H14N4/c16-15-7-8-17-11-12(15)10-14-6-9-18-19(14)13-4-2-1-3-5-13/h1-9,11H,10H2,(H2,16,17). The van der Waals surface area contributed by atoms with Crippen molar-refractivity contribution in [2.24, 2.45) is 0 Å². The number of rotatable bonds is 3. The molecule has 0 radical (unpaired) electrons. The first-order valence-electron chi connectivity index (χ1n) is 6.11. The van der Waals surface area contributed by atoms with Crippen molar-refractivity contribution in [2.45, 2.75) is 6.42 Å². The van der Waals surface area contributed by atoms with Crippen LogP contribution in [-0.2, 0) is 6.42 Å². The SMILES string of the molecule is Nc1ccncc1Cc1ccnn1-c1ccccc1. The van der Waals surface area contributed by atoms with Gasteiger partial charge in [0.05, 0.1) is 5.69 Å². The Morgan fingerprint density at radius 1 is 1.00 bits per heavy atom. The molecule has 4 heteroatoms. The van der Waals surface area contributed by atoms with Crippen molar-refractivity contribution in [3.63, 3.8) is 0 Å². The lowest BCUT2D eigenvalue weighted by molar-refractivity contribution is 0.823. The molecule has 0 fully saturated rings. The summed E-state index contributed by atoms with van der Waals surface area (Å²) in [6.07, 6.45) is 6.02. The summed E-state index contributed by atoms with van der Waals surface area (Å²) in [7, 11) is 0. The van der Waals surface area contributed by atoms with Gasteiger partial charge in [-0.2, -0.15) is 5.10 Å². The molecule has 2 N–H and O–H groups in total. The number of nitrogen functional groups attached to an aromatic ring is 1. The Bertz CT molecular complexity index is 673. The number of nitrogens with two attached hydrogens (primary N) is 1. The minimum Gasteiger partial charge on any atom is -0.398 e. The van der Waals surface area contributed by atoms with Gasteiger partial charge in [-0.15, -0.1) is 0 Å². The lowest BCUT2D eigenvalue weighted by Crippen LogP contribution is -2.04. The first-order valence-corrected chi connectivity index (χ1v) is 6.11. The molecule has 1 aromatic carbocycles. The van der Waals surface area contributed by atoms with E-state index < -0.39 is 0 Å². The zero-order valence-corrected chi connectivity index (χ0v) is 10.4. The summed E-state index contributed by atoms with van der Waals surface area (Å²) in [5.41, 5.74) is 9.87. The van der Waals surface area contributed by atoms with Crippen LogP contribution in [0.1, 0.15) is 11.3 Å². The third-order valence-corrected chi connectivity index (χ3v) is 3.03. The monoisotopic (exact) mass is 250 g/mol. The molecule has 0 aliphatic rings. The maximum absolute atomic E-state index is 5.96. The third-order valence-electron chi connectivity index (χ3n) is 3.03. The Morgan fingerprint density at radius 2 is 1.84 bits per heavy atom. The first-order chi connectivity index (χ1) is 9.34. The average molecular weight is 250 g/mol. The molecule has 4 nitrogen and oxygen atoms in total. The Kier molecular flexibility index (Phi) is 2.98. The van der Waals surface area contributed by atoms with E-state index in [-0.39, 0.29) is 0 Å². The van der Waals surface area contributed by atoms with Gasteiger partial charge >= 0.3 is 0 Å². The molecule has 94 valence electrons. The number of para-hydroxylation sites is 1. The van der Waals surface area contributed by atoms with E-state index in [1.165, 1.54) is 0 Å². The van der Waals surface area contributed by atoms with Gasteiger partial charge in [0.25, 0.3) is 0 Å². The molecule has 3 rings (SSSR count). The molecule has 0 amide bonds. The number of anilines is 1. The van der Waals surface area contributed by atoms with E-state index in [1.54, 1.807) is 18.6 Å². The fraction of sp³-hybridized carbons (Fsp3) is 0.0667. The first kappa shape index (κ1) is 11.5. The normalized spacial score (nSPS) is 10.5. The highest BCUT2D eigenvalue weighted by Crippen LogP contribution is 2.17. The highest BCUT2D eigenvalue weighted by atomic mass is 15.3. The van der Waals surface area contributed by atoms with Gasteiger partial charge in [0.1, 0.15) is 0 Å². The number of benzene rings is 1. The molecule has 0 atom stereocenters. The van der Waals surface area contributed by atoms with E-state index in [9.17, 15) is 0 Å². The third kappa shape index (κ3) is 2.33. The number of aromatic nitrogens is 3. The minimum absolute atomic E-state index is 0.717. The smallest absolute Gasteiger partial charge is 0.0648 e. The zero-order chi connectivity index (χ0) is 13.1. The van der Waals surface area contributed by atoms with Gasteiger partial charge in [-0.1, -0.05) is 18.2 Å². The summed E-state index contributed by atoms with van der Waals surface area (Å²) in [4.78, 5) is 4.12. The molecule has 0 bridgehead atoms. The molecule has 19 heavy (non-hydrogen) atoms. The lowest BCUT2D eigenvalue weighted by atomic mass is 10.1. The van der Waals surface area contributed by atoms with Crippen molar-refractivity contribution in [1.82, 2.24) is 14.8 Å². The molecule has 2 aromatic heterocycles. The number of nitrogens with zero attached hydrogens (tertiary/aromatic N) is 3. The Morgan fingerprint density at radius 3 is 2.63 bits per heavy atom. The summed E-state index contributed by atoms with van der Waals surface area (Å²) in [6.45, 7) is 0. The Labute approximate surface area is 111 Å². The van der Waals surface area contributed by atoms with Crippen molar-refractivity contribution < 1.29 is 0 Å². The van der Waals surface area contributed by atoms with Gasteiger partial charge in [-0.3, -0.25) is 4.98 Å². The van der Waals surface area contributed by atoms with Crippen LogP contribution in [0.15, 0.2) is 61.1 Å². The van der Waals surface area contributed by atoms with Gasteiger partial charge in [-0.25, -0.2) is 4.68 Å². The summed E-state index contributed by atoms with van der Waals surface area (Å²) in [5, 5.41) is 4.37. The fourth-order valence-corrected chi connectivity index (χ4v) is 2.05. The van der Waals surface area contributed by atoms with Gasteiger partial charge in [0.2, 0.25) is 0 Å². The summed E-state index contributed by atoms with van der Waals surface area (Å²) < 4.78 is 1.92. The van der Waals surface area contributed by atoms with Crippen LogP contribution in [0.3, 0.4) is 0 Å². The average Bonchev–Trinajstić information content (AvgIpc) is 2.91. The molecule has 2 heterocycles. The topological polar surface area (TPSA) is 56.7 Å². The van der Waals surface area contributed by atoms with Crippen LogP contribution < -0.4 is 5.73 Å². The molecular formula is C15H14N4. The van der Waals surface area contributed by atoms with Crippen LogP contribution in [0.2, 0.25) is 0 Å². The van der Waals surface area contributed by atoms with Gasteiger partial charge in [-0.05, 0) is 29.8 Å². The largest absolute Gasteiger partial charge is 0.398 e. The maximum atomic E-state index is 5.96. The predicted molar refractivity (Wildman–Crippen MR) is 75.0 cm³/mol. The summed E-state index contributed by atoms with van der Waals surface area (Å²) >= 11 is 0. The van der Waals surface area contributed by atoms with Crippen LogP contribution in [0.4, 0.5) is 5.69 Å². The summed E-state index contributed by atoms with van der Waals surface area (Å²) in [6, 6.07) is 13.9. The molecular weight excluding hydrogens is 236 g/mol. The second-order valence-corrected chi connectivity index (χ2v) is 4.32. The maximum Gasteiger partial charge on any atom is 0.0648 e. The van der Waals surface area contributed by atoms with Crippen LogP contribution in [0.25, 0.3) is 5.69 Å².